The smallest absolute Gasteiger partial charge is 0.313 e. The molecular formula is C25H31N5O5. The maximum absolute atomic E-state index is 12.6. The summed E-state index contributed by atoms with van der Waals surface area (Å²) in [7, 11) is 1.52. The van der Waals surface area contributed by atoms with Gasteiger partial charge in [0.2, 0.25) is 0 Å². The molecule has 0 aliphatic carbocycles. The molecule has 0 unspecified atom stereocenters. The molecule has 1 fully saturated rings. The first-order valence-electron chi connectivity index (χ1n) is 11.5. The summed E-state index contributed by atoms with van der Waals surface area (Å²) < 4.78 is 16.1. The Labute approximate surface area is 204 Å². The van der Waals surface area contributed by atoms with Gasteiger partial charge in [-0.05, 0) is 32.9 Å². The molecule has 2 amide bonds. The number of piperazine rings is 1. The monoisotopic (exact) mass is 481 g/mol. The van der Waals surface area contributed by atoms with Gasteiger partial charge in [-0.25, -0.2) is 4.98 Å². The molecule has 0 radical (unpaired) electrons. The summed E-state index contributed by atoms with van der Waals surface area (Å²) >= 11 is 0. The van der Waals surface area contributed by atoms with Gasteiger partial charge in [-0.2, -0.15) is 0 Å². The fourth-order valence-corrected chi connectivity index (χ4v) is 4.33. The molecule has 186 valence electrons. The number of methoxy groups -OCH3 is 1. The topological polar surface area (TPSA) is 113 Å². The molecule has 1 aliphatic rings. The third kappa shape index (κ3) is 5.83. The molecule has 35 heavy (non-hydrogen) atoms. The van der Waals surface area contributed by atoms with E-state index in [1.165, 1.54) is 13.5 Å². The van der Waals surface area contributed by atoms with Crippen molar-refractivity contribution in [3.63, 3.8) is 0 Å². The maximum atomic E-state index is 12.6. The SMILES string of the molecule is COc1cc(NC(=O)C(=O)NC(C)(C)CN2CCN(c3ccoc3C)CC2)ccc1-c1cnco1. The lowest BCUT2D eigenvalue weighted by molar-refractivity contribution is -0.137. The minimum absolute atomic E-state index is 0.439. The zero-order valence-corrected chi connectivity index (χ0v) is 20.5. The summed E-state index contributed by atoms with van der Waals surface area (Å²) in [6.45, 7) is 9.88. The number of carbonyl (C=O) groups is 2. The van der Waals surface area contributed by atoms with Crippen LogP contribution in [0.25, 0.3) is 11.3 Å². The van der Waals surface area contributed by atoms with Crippen LogP contribution in [-0.4, -0.2) is 67.1 Å². The molecule has 10 heteroatoms. The van der Waals surface area contributed by atoms with E-state index in [2.05, 4.69) is 25.4 Å². The lowest BCUT2D eigenvalue weighted by atomic mass is 10.0. The minimum atomic E-state index is -0.743. The number of oxazole rings is 1. The number of carbonyl (C=O) groups excluding carboxylic acids is 2. The number of hydrogen-bond acceptors (Lipinski definition) is 8. The number of aromatic nitrogens is 1. The maximum Gasteiger partial charge on any atom is 0.313 e. The Balaban J connectivity index is 1.30. The number of benzene rings is 1. The first kappa shape index (κ1) is 24.3. The van der Waals surface area contributed by atoms with Gasteiger partial charge in [-0.15, -0.1) is 0 Å². The molecule has 0 atom stereocenters. The Morgan fingerprint density at radius 1 is 1.11 bits per heavy atom. The molecule has 1 aliphatic heterocycles. The second-order valence-electron chi connectivity index (χ2n) is 9.20. The number of anilines is 2. The molecule has 3 aromatic rings. The number of amides is 2. The van der Waals surface area contributed by atoms with Crippen molar-refractivity contribution < 1.29 is 23.2 Å². The molecule has 1 aromatic carbocycles. The van der Waals surface area contributed by atoms with Crippen LogP contribution in [0.3, 0.4) is 0 Å². The molecule has 4 rings (SSSR count). The molecular weight excluding hydrogens is 450 g/mol. The lowest BCUT2D eigenvalue weighted by Gasteiger charge is -2.39. The van der Waals surface area contributed by atoms with Gasteiger partial charge in [-0.1, -0.05) is 0 Å². The van der Waals surface area contributed by atoms with Gasteiger partial charge in [0.15, 0.2) is 12.2 Å². The van der Waals surface area contributed by atoms with E-state index in [4.69, 9.17) is 13.6 Å². The van der Waals surface area contributed by atoms with Crippen molar-refractivity contribution in [2.45, 2.75) is 26.3 Å². The van der Waals surface area contributed by atoms with Crippen LogP contribution in [-0.2, 0) is 9.59 Å². The summed E-state index contributed by atoms with van der Waals surface area (Å²) in [5.74, 6) is 0.515. The largest absolute Gasteiger partial charge is 0.496 e. The number of rotatable bonds is 7. The highest BCUT2D eigenvalue weighted by Gasteiger charge is 2.29. The van der Waals surface area contributed by atoms with Gasteiger partial charge in [0.05, 0.1) is 30.8 Å². The average Bonchev–Trinajstić information content (AvgIpc) is 3.51. The van der Waals surface area contributed by atoms with E-state index in [0.29, 0.717) is 29.3 Å². The molecule has 3 heterocycles. The predicted molar refractivity (Wildman–Crippen MR) is 131 cm³/mol. The average molecular weight is 482 g/mol. The van der Waals surface area contributed by atoms with E-state index in [9.17, 15) is 9.59 Å². The van der Waals surface area contributed by atoms with Crippen LogP contribution in [0.15, 0.2) is 52.0 Å². The van der Waals surface area contributed by atoms with E-state index < -0.39 is 17.4 Å². The summed E-state index contributed by atoms with van der Waals surface area (Å²) in [6, 6.07) is 7.04. The third-order valence-electron chi connectivity index (χ3n) is 5.98. The van der Waals surface area contributed by atoms with Crippen LogP contribution >= 0.6 is 0 Å². The Morgan fingerprint density at radius 2 is 1.89 bits per heavy atom. The highest BCUT2D eigenvalue weighted by atomic mass is 16.5. The third-order valence-corrected chi connectivity index (χ3v) is 5.98. The van der Waals surface area contributed by atoms with Gasteiger partial charge >= 0.3 is 11.8 Å². The van der Waals surface area contributed by atoms with Crippen LogP contribution in [0, 0.1) is 6.92 Å². The molecule has 1 saturated heterocycles. The van der Waals surface area contributed by atoms with Gasteiger partial charge in [0.25, 0.3) is 0 Å². The van der Waals surface area contributed by atoms with Crippen LogP contribution in [0.1, 0.15) is 19.6 Å². The zero-order valence-electron chi connectivity index (χ0n) is 20.5. The van der Waals surface area contributed by atoms with Crippen molar-refractivity contribution >= 4 is 23.2 Å². The normalized spacial score (nSPS) is 14.6. The molecule has 10 nitrogen and oxygen atoms in total. The quantitative estimate of drug-likeness (QED) is 0.496. The highest BCUT2D eigenvalue weighted by Crippen LogP contribution is 2.32. The van der Waals surface area contributed by atoms with Crippen molar-refractivity contribution in [2.75, 3.05) is 50.1 Å². The molecule has 0 saturated carbocycles. The van der Waals surface area contributed by atoms with Crippen molar-refractivity contribution in [3.05, 3.63) is 48.9 Å². The number of nitrogens with one attached hydrogen (secondary N) is 2. The Kier molecular flexibility index (Phi) is 7.11. The minimum Gasteiger partial charge on any atom is -0.496 e. The predicted octanol–water partition coefficient (Wildman–Crippen LogP) is 2.91. The fourth-order valence-electron chi connectivity index (χ4n) is 4.33. The van der Waals surface area contributed by atoms with Crippen LogP contribution in [0.2, 0.25) is 0 Å². The standard InChI is InChI=1S/C25H31N5O5/c1-17-20(7-12-34-17)30-10-8-29(9-11-30)15-25(2,3)28-24(32)23(31)27-18-5-6-19(21(13-18)33-4)22-14-26-16-35-22/h5-7,12-14,16H,8-11,15H2,1-4H3,(H,27,31)(H,28,32). The van der Waals surface area contributed by atoms with Gasteiger partial charge in [0.1, 0.15) is 11.5 Å². The number of hydrogen-bond donors (Lipinski definition) is 2. The van der Waals surface area contributed by atoms with Crippen LogP contribution in [0.5, 0.6) is 5.75 Å². The number of aryl methyl sites for hydroxylation is 1. The summed E-state index contributed by atoms with van der Waals surface area (Å²) in [6.07, 6.45) is 4.61. The number of ether oxygens (including phenoxy) is 1. The number of nitrogens with zero attached hydrogens (tertiary/aromatic N) is 3. The molecule has 2 aromatic heterocycles. The van der Waals surface area contributed by atoms with E-state index in [-0.39, 0.29) is 0 Å². The van der Waals surface area contributed by atoms with Crippen LogP contribution < -0.4 is 20.3 Å². The lowest BCUT2D eigenvalue weighted by Crippen LogP contribution is -2.57. The Bertz CT molecular complexity index is 1160. The summed E-state index contributed by atoms with van der Waals surface area (Å²) in [5.41, 5.74) is 1.67. The molecule has 0 spiro atoms. The molecule has 0 bridgehead atoms. The van der Waals surface area contributed by atoms with E-state index in [0.717, 1.165) is 37.6 Å². The number of furan rings is 1. The fraction of sp³-hybridized carbons (Fsp3) is 0.400. The van der Waals surface area contributed by atoms with Crippen molar-refractivity contribution in [1.82, 2.24) is 15.2 Å². The first-order chi connectivity index (χ1) is 16.8. The van der Waals surface area contributed by atoms with Crippen molar-refractivity contribution in [2.24, 2.45) is 0 Å². The zero-order chi connectivity index (χ0) is 25.0. The summed E-state index contributed by atoms with van der Waals surface area (Å²) in [4.78, 5) is 33.7. The molecule has 2 N–H and O–H groups in total. The second-order valence-corrected chi connectivity index (χ2v) is 9.20. The van der Waals surface area contributed by atoms with Crippen molar-refractivity contribution in [1.29, 1.82) is 0 Å². The van der Waals surface area contributed by atoms with Gasteiger partial charge in [-0.3, -0.25) is 14.5 Å². The van der Waals surface area contributed by atoms with Gasteiger partial charge < -0.3 is 29.1 Å². The van der Waals surface area contributed by atoms with E-state index in [1.807, 2.05) is 26.8 Å². The van der Waals surface area contributed by atoms with E-state index >= 15 is 0 Å². The first-order valence-corrected chi connectivity index (χ1v) is 11.5. The van der Waals surface area contributed by atoms with Crippen molar-refractivity contribution in [3.8, 4) is 17.1 Å². The highest BCUT2D eigenvalue weighted by molar-refractivity contribution is 6.39. The Hall–Kier alpha value is -3.79. The second kappa shape index (κ2) is 10.2. The van der Waals surface area contributed by atoms with Crippen LogP contribution in [0.4, 0.5) is 11.4 Å². The summed E-state index contributed by atoms with van der Waals surface area (Å²) in [5, 5.41) is 5.49. The Morgan fingerprint density at radius 3 is 2.51 bits per heavy atom. The van der Waals surface area contributed by atoms with E-state index in [1.54, 1.807) is 30.7 Å². The van der Waals surface area contributed by atoms with Gasteiger partial charge in [0, 0.05) is 56.1 Å².